The number of sulfone groups is 1. The Morgan fingerprint density at radius 2 is 2.15 bits per heavy atom. The molecule has 1 aromatic heterocycles. The third-order valence-electron chi connectivity index (χ3n) is 3.20. The summed E-state index contributed by atoms with van der Waals surface area (Å²) in [5.74, 6) is 0.283. The summed E-state index contributed by atoms with van der Waals surface area (Å²) in [5, 5.41) is 15.9. The third kappa shape index (κ3) is 2.79. The molecule has 0 saturated carbocycles. The topological polar surface area (TPSA) is 127 Å². The summed E-state index contributed by atoms with van der Waals surface area (Å²) in [6, 6.07) is 0. The van der Waals surface area contributed by atoms with E-state index in [2.05, 4.69) is 20.6 Å². The van der Waals surface area contributed by atoms with Gasteiger partial charge in [-0.15, -0.1) is 0 Å². The van der Waals surface area contributed by atoms with Crippen molar-refractivity contribution in [2.24, 2.45) is 0 Å². The molecule has 0 bridgehead atoms. The van der Waals surface area contributed by atoms with Gasteiger partial charge in [-0.3, -0.25) is 10.1 Å². The lowest BCUT2D eigenvalue weighted by Crippen LogP contribution is -2.25. The summed E-state index contributed by atoms with van der Waals surface area (Å²) < 4.78 is 23.4. The van der Waals surface area contributed by atoms with Gasteiger partial charge in [-0.25, -0.2) is 18.4 Å². The number of hydrogen-bond donors (Lipinski definition) is 2. The first kappa shape index (κ1) is 14.4. The van der Waals surface area contributed by atoms with E-state index < -0.39 is 20.0 Å². The molecule has 1 aliphatic rings. The van der Waals surface area contributed by atoms with Crippen LogP contribution in [0.3, 0.4) is 0 Å². The van der Waals surface area contributed by atoms with Crippen LogP contribution in [-0.4, -0.2) is 47.9 Å². The number of anilines is 2. The molecule has 0 spiro atoms. The Bertz CT molecular complexity index is 618. The van der Waals surface area contributed by atoms with Gasteiger partial charge in [0.25, 0.3) is 0 Å². The fourth-order valence-electron chi connectivity index (χ4n) is 2.16. The predicted octanol–water partition coefficient (Wildman–Crippen LogP) is 0.416. The largest absolute Gasteiger partial charge is 0.367 e. The zero-order valence-corrected chi connectivity index (χ0v) is 11.7. The van der Waals surface area contributed by atoms with E-state index in [0.717, 1.165) is 0 Å². The van der Waals surface area contributed by atoms with Gasteiger partial charge in [0.1, 0.15) is 6.33 Å². The van der Waals surface area contributed by atoms with Crippen molar-refractivity contribution in [1.82, 2.24) is 9.97 Å². The SMILES string of the molecule is CNc1ncnc(NCC2CCCS2(=O)=O)c1[N+](=O)[O-]. The Morgan fingerprint density at radius 1 is 1.45 bits per heavy atom. The van der Waals surface area contributed by atoms with Crippen LogP contribution in [0.15, 0.2) is 6.33 Å². The number of rotatable bonds is 5. The van der Waals surface area contributed by atoms with Crippen LogP contribution >= 0.6 is 0 Å². The van der Waals surface area contributed by atoms with Crippen molar-refractivity contribution in [3.63, 3.8) is 0 Å². The quantitative estimate of drug-likeness (QED) is 0.591. The zero-order valence-electron chi connectivity index (χ0n) is 10.9. The van der Waals surface area contributed by atoms with Crippen LogP contribution < -0.4 is 10.6 Å². The molecule has 2 rings (SSSR count). The molecule has 1 saturated heterocycles. The lowest BCUT2D eigenvalue weighted by atomic mass is 10.2. The van der Waals surface area contributed by atoms with Crippen molar-refractivity contribution in [1.29, 1.82) is 0 Å². The van der Waals surface area contributed by atoms with Crippen molar-refractivity contribution >= 4 is 27.2 Å². The molecule has 10 heteroatoms. The Kier molecular flexibility index (Phi) is 4.02. The van der Waals surface area contributed by atoms with Crippen molar-refractivity contribution in [3.05, 3.63) is 16.4 Å². The second-order valence-corrected chi connectivity index (χ2v) is 6.84. The van der Waals surface area contributed by atoms with E-state index in [4.69, 9.17) is 0 Å². The van der Waals surface area contributed by atoms with E-state index in [1.807, 2.05) is 0 Å². The van der Waals surface area contributed by atoms with Gasteiger partial charge in [0.2, 0.25) is 11.6 Å². The highest BCUT2D eigenvalue weighted by molar-refractivity contribution is 7.92. The second kappa shape index (κ2) is 5.57. The van der Waals surface area contributed by atoms with Gasteiger partial charge < -0.3 is 10.6 Å². The molecule has 1 fully saturated rings. The molecule has 20 heavy (non-hydrogen) atoms. The third-order valence-corrected chi connectivity index (χ3v) is 5.48. The normalized spacial score (nSPS) is 20.6. The highest BCUT2D eigenvalue weighted by Crippen LogP contribution is 2.29. The molecule has 1 atom stereocenters. The smallest absolute Gasteiger partial charge is 0.353 e. The highest BCUT2D eigenvalue weighted by atomic mass is 32.2. The second-order valence-electron chi connectivity index (χ2n) is 4.44. The lowest BCUT2D eigenvalue weighted by Gasteiger charge is -2.12. The molecular weight excluding hydrogens is 286 g/mol. The first-order valence-electron chi connectivity index (χ1n) is 6.08. The summed E-state index contributed by atoms with van der Waals surface area (Å²) in [6.07, 6.45) is 2.37. The molecule has 1 aliphatic heterocycles. The van der Waals surface area contributed by atoms with Gasteiger partial charge in [-0.05, 0) is 12.8 Å². The monoisotopic (exact) mass is 301 g/mol. The number of nitrogens with zero attached hydrogens (tertiary/aromatic N) is 3. The summed E-state index contributed by atoms with van der Waals surface area (Å²) in [5.41, 5.74) is -0.287. The fraction of sp³-hybridized carbons (Fsp3) is 0.600. The van der Waals surface area contributed by atoms with Crippen molar-refractivity contribution < 1.29 is 13.3 Å². The number of nitro groups is 1. The van der Waals surface area contributed by atoms with Gasteiger partial charge in [-0.1, -0.05) is 0 Å². The van der Waals surface area contributed by atoms with Gasteiger partial charge >= 0.3 is 5.69 Å². The Morgan fingerprint density at radius 3 is 2.70 bits per heavy atom. The number of aromatic nitrogens is 2. The van der Waals surface area contributed by atoms with Crippen molar-refractivity contribution in [2.75, 3.05) is 30.0 Å². The molecule has 1 unspecified atom stereocenters. The minimum Gasteiger partial charge on any atom is -0.367 e. The molecule has 0 amide bonds. The van der Waals surface area contributed by atoms with Gasteiger partial charge in [0.05, 0.1) is 15.9 Å². The van der Waals surface area contributed by atoms with Gasteiger partial charge in [-0.2, -0.15) is 0 Å². The van der Waals surface area contributed by atoms with E-state index in [0.29, 0.717) is 12.8 Å². The summed E-state index contributed by atoms with van der Waals surface area (Å²) >= 11 is 0. The lowest BCUT2D eigenvalue weighted by molar-refractivity contribution is -0.383. The number of hydrogen-bond acceptors (Lipinski definition) is 8. The maximum atomic E-state index is 11.7. The minimum atomic E-state index is -3.10. The van der Waals surface area contributed by atoms with E-state index in [1.165, 1.54) is 13.4 Å². The first-order chi connectivity index (χ1) is 9.45. The van der Waals surface area contributed by atoms with E-state index in [-0.39, 0.29) is 29.6 Å². The average molecular weight is 301 g/mol. The van der Waals surface area contributed by atoms with Gasteiger partial charge in [0.15, 0.2) is 9.84 Å². The number of nitrogens with one attached hydrogen (secondary N) is 2. The van der Waals surface area contributed by atoms with Crippen LogP contribution in [0.2, 0.25) is 0 Å². The van der Waals surface area contributed by atoms with Gasteiger partial charge in [0, 0.05) is 13.6 Å². The zero-order chi connectivity index (χ0) is 14.8. The molecule has 2 heterocycles. The molecule has 110 valence electrons. The maximum absolute atomic E-state index is 11.7. The highest BCUT2D eigenvalue weighted by Gasteiger charge is 2.32. The molecule has 0 radical (unpaired) electrons. The first-order valence-corrected chi connectivity index (χ1v) is 7.80. The Balaban J connectivity index is 2.20. The Hall–Kier alpha value is -1.97. The van der Waals surface area contributed by atoms with Crippen LogP contribution in [0.4, 0.5) is 17.3 Å². The van der Waals surface area contributed by atoms with Crippen LogP contribution in [0, 0.1) is 10.1 Å². The summed E-state index contributed by atoms with van der Waals surface area (Å²) in [4.78, 5) is 18.0. The van der Waals surface area contributed by atoms with Crippen LogP contribution in [0.1, 0.15) is 12.8 Å². The molecule has 1 aromatic rings. The molecular formula is C10H15N5O4S. The minimum absolute atomic E-state index is 0.0245. The van der Waals surface area contributed by atoms with Crippen molar-refractivity contribution in [3.8, 4) is 0 Å². The summed E-state index contributed by atoms with van der Waals surface area (Å²) in [7, 11) is -1.58. The Labute approximate surface area is 115 Å². The summed E-state index contributed by atoms with van der Waals surface area (Å²) in [6.45, 7) is 0.114. The average Bonchev–Trinajstić information content (AvgIpc) is 2.74. The fourth-order valence-corrected chi connectivity index (χ4v) is 3.93. The van der Waals surface area contributed by atoms with Crippen molar-refractivity contribution in [2.45, 2.75) is 18.1 Å². The predicted molar refractivity (Wildman–Crippen MR) is 73.5 cm³/mol. The molecule has 0 aliphatic carbocycles. The van der Waals surface area contributed by atoms with Crippen LogP contribution in [0.5, 0.6) is 0 Å². The molecule has 0 aromatic carbocycles. The maximum Gasteiger partial charge on any atom is 0.353 e. The van der Waals surface area contributed by atoms with Crippen LogP contribution in [-0.2, 0) is 9.84 Å². The van der Waals surface area contributed by atoms with E-state index in [1.54, 1.807) is 0 Å². The standard InChI is InChI=1S/C10H15N5O4S/c1-11-9-8(15(16)17)10(14-6-13-9)12-5-7-3-2-4-20(7,18)19/h6-7H,2-5H2,1H3,(H2,11,12,13,14). The molecule has 2 N–H and O–H groups in total. The van der Waals surface area contributed by atoms with Crippen LogP contribution in [0.25, 0.3) is 0 Å². The molecule has 9 nitrogen and oxygen atoms in total. The van der Waals surface area contributed by atoms with E-state index in [9.17, 15) is 18.5 Å². The van der Waals surface area contributed by atoms with E-state index >= 15 is 0 Å².